The van der Waals surface area contributed by atoms with E-state index in [4.69, 9.17) is 0 Å². The summed E-state index contributed by atoms with van der Waals surface area (Å²) in [4.78, 5) is 14.8. The minimum Gasteiger partial charge on any atom is -0.352 e. The molecule has 1 amide bonds. The van der Waals surface area contributed by atoms with Crippen molar-refractivity contribution >= 4 is 5.91 Å². The Morgan fingerprint density at radius 2 is 1.63 bits per heavy atom. The smallest absolute Gasteiger partial charge is 0.251 e. The molecule has 2 aromatic rings. The van der Waals surface area contributed by atoms with E-state index >= 15 is 0 Å². The van der Waals surface area contributed by atoms with Crippen molar-refractivity contribution < 1.29 is 4.79 Å². The molecule has 3 heteroatoms. The predicted molar refractivity (Wildman–Crippen MR) is 112 cm³/mol. The van der Waals surface area contributed by atoms with Crippen molar-refractivity contribution in [3.63, 3.8) is 0 Å². The van der Waals surface area contributed by atoms with Crippen LogP contribution in [0.4, 0.5) is 0 Å². The zero-order valence-corrected chi connectivity index (χ0v) is 16.8. The van der Waals surface area contributed by atoms with E-state index in [0.717, 1.165) is 17.7 Å². The van der Waals surface area contributed by atoms with Crippen LogP contribution >= 0.6 is 0 Å². The van der Waals surface area contributed by atoms with Gasteiger partial charge in [-0.25, -0.2) is 0 Å². The predicted octanol–water partition coefficient (Wildman–Crippen LogP) is 4.83. The molecule has 0 spiro atoms. The SMILES string of the molecule is Cc1ccccc1C(=O)NCC1CCC(C(c2ccccc2)N(C)C)CC1. The normalized spacial score (nSPS) is 21.0. The van der Waals surface area contributed by atoms with Gasteiger partial charge < -0.3 is 10.2 Å². The Labute approximate surface area is 163 Å². The topological polar surface area (TPSA) is 32.3 Å². The van der Waals surface area contributed by atoms with E-state index in [-0.39, 0.29) is 5.91 Å². The van der Waals surface area contributed by atoms with Crippen molar-refractivity contribution in [2.45, 2.75) is 38.6 Å². The van der Waals surface area contributed by atoms with Crippen LogP contribution in [0.15, 0.2) is 54.6 Å². The number of hydrogen-bond acceptors (Lipinski definition) is 2. The van der Waals surface area contributed by atoms with Gasteiger partial charge in [0.2, 0.25) is 0 Å². The first-order chi connectivity index (χ1) is 13.1. The van der Waals surface area contributed by atoms with Crippen LogP contribution in [0.1, 0.15) is 53.2 Å². The molecule has 1 aliphatic rings. The molecule has 0 bridgehead atoms. The summed E-state index contributed by atoms with van der Waals surface area (Å²) in [5.41, 5.74) is 3.25. The van der Waals surface area contributed by atoms with Crippen molar-refractivity contribution in [1.82, 2.24) is 10.2 Å². The fourth-order valence-electron chi connectivity index (χ4n) is 4.51. The highest BCUT2D eigenvalue weighted by molar-refractivity contribution is 5.95. The zero-order valence-electron chi connectivity index (χ0n) is 16.8. The highest BCUT2D eigenvalue weighted by atomic mass is 16.1. The van der Waals surface area contributed by atoms with Crippen molar-refractivity contribution in [2.24, 2.45) is 11.8 Å². The molecule has 1 N–H and O–H groups in total. The molecule has 1 atom stereocenters. The lowest BCUT2D eigenvalue weighted by atomic mass is 9.76. The molecule has 0 aromatic heterocycles. The summed E-state index contributed by atoms with van der Waals surface area (Å²) >= 11 is 0. The monoisotopic (exact) mass is 364 g/mol. The summed E-state index contributed by atoms with van der Waals surface area (Å²) < 4.78 is 0. The summed E-state index contributed by atoms with van der Waals surface area (Å²) in [5.74, 6) is 1.34. The lowest BCUT2D eigenvalue weighted by Gasteiger charge is -2.37. The van der Waals surface area contributed by atoms with Gasteiger partial charge in [-0.1, -0.05) is 48.5 Å². The largest absolute Gasteiger partial charge is 0.352 e. The van der Waals surface area contributed by atoms with Gasteiger partial charge in [0.05, 0.1) is 0 Å². The number of nitrogens with one attached hydrogen (secondary N) is 1. The maximum atomic E-state index is 12.4. The van der Waals surface area contributed by atoms with Crippen LogP contribution in [-0.4, -0.2) is 31.4 Å². The van der Waals surface area contributed by atoms with Crippen LogP contribution in [0.5, 0.6) is 0 Å². The molecular weight excluding hydrogens is 332 g/mol. The van der Waals surface area contributed by atoms with E-state index in [0.29, 0.717) is 17.9 Å². The average Bonchev–Trinajstić information content (AvgIpc) is 2.68. The van der Waals surface area contributed by atoms with E-state index in [1.165, 1.54) is 31.2 Å². The van der Waals surface area contributed by atoms with Crippen LogP contribution < -0.4 is 5.32 Å². The number of carbonyl (C=O) groups excluding carboxylic acids is 1. The zero-order chi connectivity index (χ0) is 19.2. The molecule has 2 aromatic carbocycles. The van der Waals surface area contributed by atoms with Crippen molar-refractivity contribution in [2.75, 3.05) is 20.6 Å². The molecule has 3 nitrogen and oxygen atoms in total. The molecule has 1 unspecified atom stereocenters. The Kier molecular flexibility index (Phi) is 6.68. The van der Waals surface area contributed by atoms with Gasteiger partial charge in [-0.3, -0.25) is 4.79 Å². The van der Waals surface area contributed by atoms with Crippen LogP contribution in [0, 0.1) is 18.8 Å². The third kappa shape index (κ3) is 4.98. The molecule has 144 valence electrons. The van der Waals surface area contributed by atoms with Gasteiger partial charge in [0.1, 0.15) is 0 Å². The third-order valence-corrected chi connectivity index (χ3v) is 5.98. The Hall–Kier alpha value is -2.13. The average molecular weight is 365 g/mol. The second kappa shape index (κ2) is 9.18. The van der Waals surface area contributed by atoms with Gasteiger partial charge in [0.15, 0.2) is 0 Å². The summed E-state index contributed by atoms with van der Waals surface area (Å²) in [6, 6.07) is 19.1. The van der Waals surface area contributed by atoms with Gasteiger partial charge in [0, 0.05) is 18.2 Å². The quantitative estimate of drug-likeness (QED) is 0.796. The lowest BCUT2D eigenvalue weighted by molar-refractivity contribution is 0.0934. The third-order valence-electron chi connectivity index (χ3n) is 5.98. The lowest BCUT2D eigenvalue weighted by Crippen LogP contribution is -2.34. The molecule has 27 heavy (non-hydrogen) atoms. The standard InChI is InChI=1S/C24H32N2O/c1-18-9-7-8-12-22(18)24(27)25-17-19-13-15-21(16-14-19)23(26(2)3)20-10-5-4-6-11-20/h4-12,19,21,23H,13-17H2,1-3H3,(H,25,27). The minimum atomic E-state index is 0.0608. The first-order valence-electron chi connectivity index (χ1n) is 10.1. The first-order valence-corrected chi connectivity index (χ1v) is 10.1. The number of rotatable bonds is 6. The minimum absolute atomic E-state index is 0.0608. The van der Waals surface area contributed by atoms with E-state index in [2.05, 4.69) is 54.6 Å². The number of benzene rings is 2. The van der Waals surface area contributed by atoms with Gasteiger partial charge >= 0.3 is 0 Å². The molecular formula is C24H32N2O. The summed E-state index contributed by atoms with van der Waals surface area (Å²) in [7, 11) is 4.37. The number of nitrogens with zero attached hydrogens (tertiary/aromatic N) is 1. The summed E-state index contributed by atoms with van der Waals surface area (Å²) in [6.45, 7) is 2.78. The van der Waals surface area contributed by atoms with E-state index < -0.39 is 0 Å². The number of amides is 1. The van der Waals surface area contributed by atoms with E-state index in [9.17, 15) is 4.79 Å². The van der Waals surface area contributed by atoms with Crippen LogP contribution in [0.25, 0.3) is 0 Å². The Morgan fingerprint density at radius 3 is 2.26 bits per heavy atom. The molecule has 0 heterocycles. The van der Waals surface area contributed by atoms with Crippen LogP contribution in [0.3, 0.4) is 0 Å². The van der Waals surface area contributed by atoms with E-state index in [1.54, 1.807) is 0 Å². The Balaban J connectivity index is 1.52. The fourth-order valence-corrected chi connectivity index (χ4v) is 4.51. The van der Waals surface area contributed by atoms with Gasteiger partial charge in [-0.2, -0.15) is 0 Å². The van der Waals surface area contributed by atoms with Gasteiger partial charge in [-0.05, 0) is 75.7 Å². The molecule has 0 saturated heterocycles. The Bertz CT molecular complexity index is 733. The molecule has 1 saturated carbocycles. The highest BCUT2D eigenvalue weighted by Gasteiger charge is 2.30. The second-order valence-electron chi connectivity index (χ2n) is 8.12. The maximum absolute atomic E-state index is 12.4. The first kappa shape index (κ1) is 19.6. The maximum Gasteiger partial charge on any atom is 0.251 e. The molecule has 1 aliphatic carbocycles. The second-order valence-corrected chi connectivity index (χ2v) is 8.12. The number of carbonyl (C=O) groups is 1. The van der Waals surface area contributed by atoms with Crippen molar-refractivity contribution in [3.05, 3.63) is 71.3 Å². The summed E-state index contributed by atoms with van der Waals surface area (Å²) in [6.07, 6.45) is 4.83. The molecule has 1 fully saturated rings. The fraction of sp³-hybridized carbons (Fsp3) is 0.458. The highest BCUT2D eigenvalue weighted by Crippen LogP contribution is 2.39. The van der Waals surface area contributed by atoms with Crippen molar-refractivity contribution in [1.29, 1.82) is 0 Å². The molecule has 3 rings (SSSR count). The van der Waals surface area contributed by atoms with Gasteiger partial charge in [0.25, 0.3) is 5.91 Å². The molecule has 0 radical (unpaired) electrons. The van der Waals surface area contributed by atoms with Crippen LogP contribution in [-0.2, 0) is 0 Å². The van der Waals surface area contributed by atoms with E-state index in [1.807, 2.05) is 31.2 Å². The van der Waals surface area contributed by atoms with Crippen molar-refractivity contribution in [3.8, 4) is 0 Å². The van der Waals surface area contributed by atoms with Crippen LogP contribution in [0.2, 0.25) is 0 Å². The Morgan fingerprint density at radius 1 is 1.00 bits per heavy atom. The summed E-state index contributed by atoms with van der Waals surface area (Å²) in [5, 5.41) is 3.16. The number of hydrogen-bond donors (Lipinski definition) is 1. The molecule has 0 aliphatic heterocycles. The van der Waals surface area contributed by atoms with Gasteiger partial charge in [-0.15, -0.1) is 0 Å². The number of aryl methyl sites for hydroxylation is 1.